The maximum Gasteiger partial charge on any atom is 0.246 e. The molecule has 1 aromatic carbocycles. The first-order chi connectivity index (χ1) is 11.2. The molecule has 0 atom stereocenters. The number of benzene rings is 1. The second-order valence-electron chi connectivity index (χ2n) is 5.77. The summed E-state index contributed by atoms with van der Waals surface area (Å²) < 4.78 is 16.8. The maximum absolute atomic E-state index is 12.3. The Morgan fingerprint density at radius 3 is 2.48 bits per heavy atom. The second kappa shape index (κ2) is 7.15. The first-order valence-electron chi connectivity index (χ1n) is 8.18. The number of carbonyl (C=O) groups excluding carboxylic acids is 1. The number of hydrogen-bond acceptors (Lipinski definition) is 4. The van der Waals surface area contributed by atoms with E-state index in [9.17, 15) is 4.79 Å². The van der Waals surface area contributed by atoms with Crippen molar-refractivity contribution in [1.29, 1.82) is 0 Å². The smallest absolute Gasteiger partial charge is 0.246 e. The van der Waals surface area contributed by atoms with E-state index in [-0.39, 0.29) is 5.91 Å². The highest BCUT2D eigenvalue weighted by Crippen LogP contribution is 2.31. The third-order valence-electron chi connectivity index (χ3n) is 4.26. The van der Waals surface area contributed by atoms with E-state index < -0.39 is 5.79 Å². The molecule has 0 aromatic heterocycles. The van der Waals surface area contributed by atoms with E-state index >= 15 is 0 Å². The number of ether oxygens (including phenoxy) is 3. The van der Waals surface area contributed by atoms with Gasteiger partial charge < -0.3 is 19.1 Å². The summed E-state index contributed by atoms with van der Waals surface area (Å²) in [5.74, 6) is 0.441. The Balaban J connectivity index is 1.52. The third-order valence-corrected chi connectivity index (χ3v) is 4.26. The molecule has 5 heteroatoms. The van der Waals surface area contributed by atoms with E-state index in [0.717, 1.165) is 24.2 Å². The monoisotopic (exact) mass is 317 g/mol. The van der Waals surface area contributed by atoms with Gasteiger partial charge in [-0.15, -0.1) is 0 Å². The number of amides is 1. The predicted molar refractivity (Wildman–Crippen MR) is 87.1 cm³/mol. The summed E-state index contributed by atoms with van der Waals surface area (Å²) in [7, 11) is 0. The van der Waals surface area contributed by atoms with Crippen LogP contribution in [0.3, 0.4) is 0 Å². The number of hydrogen-bond donors (Lipinski definition) is 0. The summed E-state index contributed by atoms with van der Waals surface area (Å²) in [6.45, 7) is 5.27. The third kappa shape index (κ3) is 3.92. The lowest BCUT2D eigenvalue weighted by molar-refractivity contribution is -0.186. The molecule has 0 aliphatic carbocycles. The van der Waals surface area contributed by atoms with Gasteiger partial charge in [-0.2, -0.15) is 0 Å². The predicted octanol–water partition coefficient (Wildman–Crippen LogP) is 2.46. The molecule has 0 saturated carbocycles. The lowest BCUT2D eigenvalue weighted by Crippen LogP contribution is -2.46. The van der Waals surface area contributed by atoms with Gasteiger partial charge >= 0.3 is 0 Å². The molecule has 0 bridgehead atoms. The van der Waals surface area contributed by atoms with E-state index in [1.54, 1.807) is 6.08 Å². The van der Waals surface area contributed by atoms with Gasteiger partial charge in [0.25, 0.3) is 0 Å². The summed E-state index contributed by atoms with van der Waals surface area (Å²) in [6, 6.07) is 7.71. The minimum Gasteiger partial charge on any atom is -0.494 e. The fourth-order valence-electron chi connectivity index (χ4n) is 2.97. The molecule has 0 N–H and O–H groups in total. The average Bonchev–Trinajstić information content (AvgIpc) is 3.03. The first kappa shape index (κ1) is 16.0. The molecule has 2 saturated heterocycles. The van der Waals surface area contributed by atoms with Crippen LogP contribution in [0.15, 0.2) is 30.3 Å². The van der Waals surface area contributed by atoms with E-state index in [1.807, 2.05) is 42.2 Å². The molecule has 2 aliphatic heterocycles. The van der Waals surface area contributed by atoms with Crippen LogP contribution in [-0.4, -0.2) is 49.5 Å². The van der Waals surface area contributed by atoms with E-state index in [4.69, 9.17) is 14.2 Å². The van der Waals surface area contributed by atoms with Gasteiger partial charge in [0.2, 0.25) is 5.91 Å². The molecule has 124 valence electrons. The Hall–Kier alpha value is -1.85. The van der Waals surface area contributed by atoms with Crippen molar-refractivity contribution >= 4 is 12.0 Å². The Morgan fingerprint density at radius 2 is 1.87 bits per heavy atom. The number of piperidine rings is 1. The summed E-state index contributed by atoms with van der Waals surface area (Å²) >= 11 is 0. The first-order valence-corrected chi connectivity index (χ1v) is 8.18. The lowest BCUT2D eigenvalue weighted by Gasteiger charge is -2.37. The zero-order chi connectivity index (χ0) is 16.1. The molecule has 0 unspecified atom stereocenters. The molecule has 1 aromatic rings. The normalized spacial score (nSPS) is 20.3. The molecule has 1 spiro atoms. The minimum atomic E-state index is -0.435. The van der Waals surface area contributed by atoms with Crippen molar-refractivity contribution in [3.63, 3.8) is 0 Å². The molecular weight excluding hydrogens is 294 g/mol. The van der Waals surface area contributed by atoms with Crippen LogP contribution in [0, 0.1) is 0 Å². The number of rotatable bonds is 4. The van der Waals surface area contributed by atoms with Crippen LogP contribution < -0.4 is 4.74 Å². The lowest BCUT2D eigenvalue weighted by atomic mass is 10.0. The average molecular weight is 317 g/mol. The summed E-state index contributed by atoms with van der Waals surface area (Å²) in [5.41, 5.74) is 0.984. The van der Waals surface area contributed by atoms with Crippen LogP contribution in [0.25, 0.3) is 6.08 Å². The highest BCUT2D eigenvalue weighted by molar-refractivity contribution is 5.91. The summed E-state index contributed by atoms with van der Waals surface area (Å²) in [5, 5.41) is 0. The fraction of sp³-hybridized carbons (Fsp3) is 0.500. The van der Waals surface area contributed by atoms with Gasteiger partial charge in [-0.25, -0.2) is 0 Å². The Morgan fingerprint density at radius 1 is 1.22 bits per heavy atom. The van der Waals surface area contributed by atoms with Gasteiger partial charge in [0, 0.05) is 32.0 Å². The summed E-state index contributed by atoms with van der Waals surface area (Å²) in [6.07, 6.45) is 4.96. The molecule has 3 rings (SSSR count). The topological polar surface area (TPSA) is 48.0 Å². The Bertz CT molecular complexity index is 551. The highest BCUT2D eigenvalue weighted by Gasteiger charge is 2.40. The van der Waals surface area contributed by atoms with Gasteiger partial charge in [0.1, 0.15) is 5.75 Å². The van der Waals surface area contributed by atoms with Gasteiger partial charge in [-0.3, -0.25) is 4.79 Å². The molecule has 2 fully saturated rings. The zero-order valence-electron chi connectivity index (χ0n) is 13.5. The quantitative estimate of drug-likeness (QED) is 0.801. The van der Waals surface area contributed by atoms with Gasteiger partial charge in [-0.1, -0.05) is 12.1 Å². The number of carbonyl (C=O) groups is 1. The van der Waals surface area contributed by atoms with Gasteiger partial charge in [0.05, 0.1) is 19.8 Å². The van der Waals surface area contributed by atoms with Crippen LogP contribution in [0.1, 0.15) is 25.3 Å². The Kier molecular flexibility index (Phi) is 4.98. The highest BCUT2D eigenvalue weighted by atomic mass is 16.7. The van der Waals surface area contributed by atoms with Gasteiger partial charge in [-0.05, 0) is 30.7 Å². The second-order valence-corrected chi connectivity index (χ2v) is 5.77. The van der Waals surface area contributed by atoms with Crippen LogP contribution in [0.5, 0.6) is 5.75 Å². The van der Waals surface area contributed by atoms with Crippen LogP contribution in [0.4, 0.5) is 0 Å². The standard InChI is InChI=1S/C18H23NO4/c1-2-21-16-6-3-15(4-7-16)5-8-17(20)19-11-9-18(10-12-19)22-13-14-23-18/h3-8H,2,9-14H2,1H3/b8-5+. The molecular formula is C18H23NO4. The molecule has 1 amide bonds. The van der Waals surface area contributed by atoms with E-state index in [0.29, 0.717) is 32.9 Å². The molecule has 2 aliphatic rings. The molecule has 23 heavy (non-hydrogen) atoms. The zero-order valence-corrected chi connectivity index (χ0v) is 13.5. The maximum atomic E-state index is 12.3. The molecule has 5 nitrogen and oxygen atoms in total. The van der Waals surface area contributed by atoms with Crippen LogP contribution >= 0.6 is 0 Å². The van der Waals surface area contributed by atoms with E-state index in [1.165, 1.54) is 0 Å². The van der Waals surface area contributed by atoms with Crippen LogP contribution in [-0.2, 0) is 14.3 Å². The van der Waals surface area contributed by atoms with E-state index in [2.05, 4.69) is 0 Å². The van der Waals surface area contributed by atoms with Crippen molar-refractivity contribution in [2.45, 2.75) is 25.6 Å². The van der Waals surface area contributed by atoms with Crippen molar-refractivity contribution in [2.24, 2.45) is 0 Å². The number of nitrogens with zero attached hydrogens (tertiary/aromatic N) is 1. The SMILES string of the molecule is CCOc1ccc(/C=C/C(=O)N2CCC3(CC2)OCCO3)cc1. The Labute approximate surface area is 136 Å². The van der Waals surface area contributed by atoms with Gasteiger partial charge in [0.15, 0.2) is 5.79 Å². The summed E-state index contributed by atoms with van der Waals surface area (Å²) in [4.78, 5) is 14.1. The van der Waals surface area contributed by atoms with Crippen LogP contribution in [0.2, 0.25) is 0 Å². The number of likely N-dealkylation sites (tertiary alicyclic amines) is 1. The molecule has 2 heterocycles. The molecule has 0 radical (unpaired) electrons. The largest absolute Gasteiger partial charge is 0.494 e. The minimum absolute atomic E-state index is 0.0340. The fourth-order valence-corrected chi connectivity index (χ4v) is 2.97. The van der Waals surface area contributed by atoms with Crippen molar-refractivity contribution in [3.05, 3.63) is 35.9 Å². The van der Waals surface area contributed by atoms with Crippen molar-refractivity contribution < 1.29 is 19.0 Å². The van der Waals surface area contributed by atoms with Crippen molar-refractivity contribution in [2.75, 3.05) is 32.9 Å². The van der Waals surface area contributed by atoms with Crippen molar-refractivity contribution in [1.82, 2.24) is 4.90 Å². The van der Waals surface area contributed by atoms with Crippen molar-refractivity contribution in [3.8, 4) is 5.75 Å².